The predicted molar refractivity (Wildman–Crippen MR) is 160 cm³/mol. The average Bonchev–Trinajstić information content (AvgIpc) is 3.38. The lowest BCUT2D eigenvalue weighted by molar-refractivity contribution is -0.143. The van der Waals surface area contributed by atoms with Crippen molar-refractivity contribution in [1.29, 1.82) is 0 Å². The number of unbranched alkanes of at least 4 members (excludes halogenated alkanes) is 1. The van der Waals surface area contributed by atoms with E-state index in [1.165, 1.54) is 19.1 Å². The van der Waals surface area contributed by atoms with Gasteiger partial charge in [0.05, 0.1) is 12.1 Å². The average molecular weight is 597 g/mol. The summed E-state index contributed by atoms with van der Waals surface area (Å²) in [4.78, 5) is 54.6. The number of carboxylic acids is 1. The number of aliphatic carboxylic acids is 1. The van der Waals surface area contributed by atoms with E-state index in [0.717, 1.165) is 10.9 Å². The highest BCUT2D eigenvalue weighted by molar-refractivity contribution is 5.95. The number of hydrogen-bond acceptors (Lipinski definition) is 8. The number of carbonyl (C=O) groups is 4. The molecule has 43 heavy (non-hydrogen) atoms. The number of phenols is 1. The molecule has 0 aliphatic rings. The lowest BCUT2D eigenvalue weighted by Crippen LogP contribution is -2.60. The molecule has 0 saturated carbocycles. The van der Waals surface area contributed by atoms with Crippen molar-refractivity contribution in [2.24, 2.45) is 11.5 Å². The largest absolute Gasteiger partial charge is 0.508 e. The van der Waals surface area contributed by atoms with Crippen molar-refractivity contribution >= 4 is 34.6 Å². The van der Waals surface area contributed by atoms with Crippen LogP contribution in [0.4, 0.5) is 0 Å². The van der Waals surface area contributed by atoms with Crippen LogP contribution in [-0.4, -0.2) is 80.8 Å². The number of nitrogens with two attached hydrogens (primary N) is 2. The van der Waals surface area contributed by atoms with Crippen molar-refractivity contribution in [2.75, 3.05) is 6.54 Å². The molecule has 1 heterocycles. The number of fused-ring (bicyclic) bond motifs is 1. The molecule has 3 amide bonds. The second kappa shape index (κ2) is 15.7. The first kappa shape index (κ1) is 33.0. The zero-order valence-corrected chi connectivity index (χ0v) is 24.0. The zero-order chi connectivity index (χ0) is 31.5. The van der Waals surface area contributed by atoms with Crippen molar-refractivity contribution in [3.05, 3.63) is 65.9 Å². The van der Waals surface area contributed by atoms with Gasteiger partial charge in [-0.15, -0.1) is 0 Å². The Morgan fingerprint density at radius 3 is 2.21 bits per heavy atom. The van der Waals surface area contributed by atoms with Crippen LogP contribution in [0.5, 0.6) is 5.75 Å². The molecule has 0 aliphatic heterocycles. The van der Waals surface area contributed by atoms with E-state index in [2.05, 4.69) is 20.9 Å². The lowest BCUT2D eigenvalue weighted by atomic mass is 10.0. The smallest absolute Gasteiger partial charge is 0.326 e. The number of carbonyl (C=O) groups excluding carboxylic acids is 3. The summed E-state index contributed by atoms with van der Waals surface area (Å²) in [5, 5.41) is 37.8. The molecule has 13 heteroatoms. The van der Waals surface area contributed by atoms with Crippen LogP contribution >= 0.6 is 0 Å². The minimum absolute atomic E-state index is 0.0263. The first-order valence-corrected chi connectivity index (χ1v) is 14.1. The molecule has 0 saturated heterocycles. The van der Waals surface area contributed by atoms with Gasteiger partial charge in [0.25, 0.3) is 0 Å². The molecule has 13 nitrogen and oxygen atoms in total. The van der Waals surface area contributed by atoms with Gasteiger partial charge in [-0.05, 0) is 68.5 Å². The van der Waals surface area contributed by atoms with Crippen LogP contribution in [0, 0.1) is 0 Å². The lowest BCUT2D eigenvalue weighted by Gasteiger charge is -2.26. The number of hydrogen-bond donors (Lipinski definition) is 9. The molecule has 0 spiro atoms. The Morgan fingerprint density at radius 2 is 1.56 bits per heavy atom. The molecule has 0 radical (unpaired) electrons. The quantitative estimate of drug-likeness (QED) is 0.101. The van der Waals surface area contributed by atoms with Gasteiger partial charge in [0.1, 0.15) is 23.9 Å². The number of amides is 3. The monoisotopic (exact) mass is 596 g/mol. The maximum atomic E-state index is 13.6. The first-order valence-electron chi connectivity index (χ1n) is 14.1. The number of aromatic nitrogens is 1. The highest BCUT2D eigenvalue weighted by Gasteiger charge is 2.33. The van der Waals surface area contributed by atoms with E-state index in [-0.39, 0.29) is 25.0 Å². The first-order chi connectivity index (χ1) is 20.5. The molecule has 0 aliphatic carbocycles. The fraction of sp³-hybridized carbons (Fsp3) is 0.400. The Bertz CT molecular complexity index is 1390. The second-order valence-corrected chi connectivity index (χ2v) is 10.5. The number of carboxylic acid groups (broad SMARTS) is 1. The van der Waals surface area contributed by atoms with E-state index in [4.69, 9.17) is 11.5 Å². The third-order valence-corrected chi connectivity index (χ3v) is 7.08. The summed E-state index contributed by atoms with van der Waals surface area (Å²) in [6.45, 7) is 1.66. The van der Waals surface area contributed by atoms with Crippen LogP contribution in [0.2, 0.25) is 0 Å². The highest BCUT2D eigenvalue weighted by atomic mass is 16.4. The van der Waals surface area contributed by atoms with Gasteiger partial charge in [-0.1, -0.05) is 30.3 Å². The fourth-order valence-corrected chi connectivity index (χ4v) is 4.66. The molecule has 232 valence electrons. The summed E-state index contributed by atoms with van der Waals surface area (Å²) in [7, 11) is 0. The van der Waals surface area contributed by atoms with Gasteiger partial charge in [-0.3, -0.25) is 14.4 Å². The number of H-pyrrole nitrogens is 1. The van der Waals surface area contributed by atoms with Gasteiger partial charge in [0, 0.05) is 23.5 Å². The highest BCUT2D eigenvalue weighted by Crippen LogP contribution is 2.19. The summed E-state index contributed by atoms with van der Waals surface area (Å²) in [5.41, 5.74) is 13.9. The molecule has 0 bridgehead atoms. The maximum absolute atomic E-state index is 13.6. The van der Waals surface area contributed by atoms with Crippen molar-refractivity contribution in [3.8, 4) is 5.75 Å². The fourth-order valence-electron chi connectivity index (χ4n) is 4.66. The molecule has 2 aromatic carbocycles. The number of nitrogens with one attached hydrogen (secondary N) is 4. The molecular weight excluding hydrogens is 556 g/mol. The van der Waals surface area contributed by atoms with Gasteiger partial charge < -0.3 is 47.7 Å². The molecule has 1 aromatic heterocycles. The molecular formula is C30H40N6O7. The minimum atomic E-state index is -1.50. The van der Waals surface area contributed by atoms with Crippen LogP contribution in [0.15, 0.2) is 54.7 Å². The number of para-hydroxylation sites is 1. The zero-order valence-electron chi connectivity index (χ0n) is 24.0. The van der Waals surface area contributed by atoms with Crippen molar-refractivity contribution in [1.82, 2.24) is 20.9 Å². The number of aliphatic hydroxyl groups excluding tert-OH is 1. The standard InChI is InChI=1S/C30H40N6O7/c1-17(37)26(29(41)34-24(30(42)43)8-4-5-13-31)36-28(40)25(15-19-16-33-23-7-3-2-6-21(19)23)35-27(39)22(32)14-18-9-11-20(38)12-10-18/h2-3,6-7,9-12,16-17,22,24-26,33,37-38H,4-5,8,13-15,31-32H2,1H3,(H,34,41)(H,35,39)(H,36,40)(H,42,43). The van der Waals surface area contributed by atoms with Crippen molar-refractivity contribution < 1.29 is 34.5 Å². The Balaban J connectivity index is 1.79. The van der Waals surface area contributed by atoms with Gasteiger partial charge in [-0.2, -0.15) is 0 Å². The van der Waals surface area contributed by atoms with Crippen LogP contribution in [0.3, 0.4) is 0 Å². The number of phenolic OH excluding ortho intramolecular Hbond substituents is 1. The summed E-state index contributed by atoms with van der Waals surface area (Å²) in [6.07, 6.45) is 1.64. The molecule has 5 unspecified atom stereocenters. The topological polar surface area (TPSA) is 233 Å². The third kappa shape index (κ3) is 9.53. The summed E-state index contributed by atoms with van der Waals surface area (Å²) < 4.78 is 0. The van der Waals surface area contributed by atoms with Crippen LogP contribution in [0.25, 0.3) is 10.9 Å². The third-order valence-electron chi connectivity index (χ3n) is 7.08. The Kier molecular flexibility index (Phi) is 12.0. The van der Waals surface area contributed by atoms with Gasteiger partial charge in [0.15, 0.2) is 0 Å². The Labute approximate surface area is 249 Å². The van der Waals surface area contributed by atoms with Crippen molar-refractivity contribution in [3.63, 3.8) is 0 Å². The SMILES string of the molecule is CC(O)C(NC(=O)C(Cc1c[nH]c2ccccc12)NC(=O)C(N)Cc1ccc(O)cc1)C(=O)NC(CCCCN)C(=O)O. The number of aliphatic hydroxyl groups is 1. The van der Waals surface area contributed by atoms with E-state index < -0.39 is 54.0 Å². The normalized spacial score (nSPS) is 14.7. The summed E-state index contributed by atoms with van der Waals surface area (Å²) >= 11 is 0. The van der Waals surface area contributed by atoms with Gasteiger partial charge in [0.2, 0.25) is 17.7 Å². The molecule has 3 aromatic rings. The molecule has 11 N–H and O–H groups in total. The van der Waals surface area contributed by atoms with Crippen LogP contribution in [0.1, 0.15) is 37.3 Å². The molecule has 5 atom stereocenters. The summed E-state index contributed by atoms with van der Waals surface area (Å²) in [6, 6.07) is 8.63. The number of aromatic hydroxyl groups is 1. The molecule has 3 rings (SSSR count). The maximum Gasteiger partial charge on any atom is 0.326 e. The number of benzene rings is 2. The van der Waals surface area contributed by atoms with Gasteiger partial charge >= 0.3 is 5.97 Å². The Hall–Kier alpha value is -4.46. The number of rotatable bonds is 16. The minimum Gasteiger partial charge on any atom is -0.508 e. The van der Waals surface area contributed by atoms with E-state index >= 15 is 0 Å². The predicted octanol–water partition coefficient (Wildman–Crippen LogP) is 0.0348. The van der Waals surface area contributed by atoms with E-state index in [9.17, 15) is 34.5 Å². The van der Waals surface area contributed by atoms with Crippen LogP contribution < -0.4 is 27.4 Å². The van der Waals surface area contributed by atoms with Crippen LogP contribution in [-0.2, 0) is 32.0 Å². The summed E-state index contributed by atoms with van der Waals surface area (Å²) in [5.74, 6) is -3.47. The number of aromatic amines is 1. The van der Waals surface area contributed by atoms with E-state index in [0.29, 0.717) is 30.5 Å². The van der Waals surface area contributed by atoms with Gasteiger partial charge in [-0.25, -0.2) is 4.79 Å². The van der Waals surface area contributed by atoms with Crippen molar-refractivity contribution in [2.45, 2.75) is 69.3 Å². The molecule has 0 fully saturated rings. The second-order valence-electron chi connectivity index (χ2n) is 10.5. The Morgan fingerprint density at radius 1 is 0.884 bits per heavy atom. The van der Waals surface area contributed by atoms with E-state index in [1.54, 1.807) is 18.3 Å². The van der Waals surface area contributed by atoms with E-state index in [1.807, 2.05) is 24.3 Å².